The molecule has 154 valence electrons. The fourth-order valence-electron chi connectivity index (χ4n) is 3.32. The lowest BCUT2D eigenvalue weighted by Gasteiger charge is -2.30. The van der Waals surface area contributed by atoms with Gasteiger partial charge in [0.15, 0.2) is 0 Å². The van der Waals surface area contributed by atoms with Gasteiger partial charge in [-0.15, -0.1) is 0 Å². The Balaban J connectivity index is 1.68. The quantitative estimate of drug-likeness (QED) is 0.762. The minimum Gasteiger partial charge on any atom is -0.493 e. The largest absolute Gasteiger partial charge is 0.493 e. The highest BCUT2D eigenvalue weighted by atomic mass is 16.5. The lowest BCUT2D eigenvalue weighted by molar-refractivity contribution is 0.0698. The first-order chi connectivity index (χ1) is 13.9. The number of para-hydroxylation sites is 1. The van der Waals surface area contributed by atoms with E-state index in [1.165, 1.54) is 0 Å². The minimum absolute atomic E-state index is 0.0229. The molecule has 29 heavy (non-hydrogen) atoms. The van der Waals surface area contributed by atoms with Crippen LogP contribution in [0.15, 0.2) is 48.5 Å². The van der Waals surface area contributed by atoms with Crippen molar-refractivity contribution in [1.29, 1.82) is 0 Å². The summed E-state index contributed by atoms with van der Waals surface area (Å²) in [6.45, 7) is 8.56. The molecule has 0 spiro atoms. The maximum Gasteiger partial charge on any atom is 0.255 e. The van der Waals surface area contributed by atoms with Crippen LogP contribution in [0.25, 0.3) is 0 Å². The van der Waals surface area contributed by atoms with E-state index < -0.39 is 0 Å². The number of piperidine rings is 1. The molecule has 0 unspecified atom stereocenters. The van der Waals surface area contributed by atoms with E-state index in [1.807, 2.05) is 17.0 Å². The molecule has 0 aliphatic carbocycles. The predicted octanol–water partition coefficient (Wildman–Crippen LogP) is 4.85. The second-order valence-electron chi connectivity index (χ2n) is 8.20. The van der Waals surface area contributed by atoms with Crippen LogP contribution in [0.1, 0.15) is 54.3 Å². The molecule has 0 aromatic heterocycles. The zero-order chi connectivity index (χ0) is 20.8. The Kier molecular flexibility index (Phi) is 6.91. The SMILES string of the molecule is CC(C)COc1ccc(C(=O)Nc2ccccc2C(=O)N2CCC(C)CC2)cc1. The van der Waals surface area contributed by atoms with E-state index in [0.29, 0.717) is 35.3 Å². The molecule has 0 saturated carbocycles. The van der Waals surface area contributed by atoms with Crippen molar-refractivity contribution in [2.24, 2.45) is 11.8 Å². The van der Waals surface area contributed by atoms with Gasteiger partial charge in [0.25, 0.3) is 11.8 Å². The molecule has 5 nitrogen and oxygen atoms in total. The van der Waals surface area contributed by atoms with Crippen molar-refractivity contribution in [3.05, 3.63) is 59.7 Å². The molecule has 1 aliphatic rings. The summed E-state index contributed by atoms with van der Waals surface area (Å²) in [5.41, 5.74) is 1.60. The van der Waals surface area contributed by atoms with Gasteiger partial charge in [0.2, 0.25) is 0 Å². The zero-order valence-electron chi connectivity index (χ0n) is 17.5. The molecule has 0 radical (unpaired) electrons. The molecule has 2 aromatic rings. The van der Waals surface area contributed by atoms with Crippen LogP contribution in [0.5, 0.6) is 5.75 Å². The van der Waals surface area contributed by atoms with E-state index in [9.17, 15) is 9.59 Å². The van der Waals surface area contributed by atoms with Crippen LogP contribution in [0.2, 0.25) is 0 Å². The minimum atomic E-state index is -0.243. The highest BCUT2D eigenvalue weighted by Crippen LogP contribution is 2.23. The summed E-state index contributed by atoms with van der Waals surface area (Å²) in [6.07, 6.45) is 2.04. The molecule has 0 atom stereocenters. The number of ether oxygens (including phenoxy) is 1. The number of likely N-dealkylation sites (tertiary alicyclic amines) is 1. The summed E-state index contributed by atoms with van der Waals surface area (Å²) in [5.74, 6) is 1.57. The number of hydrogen-bond acceptors (Lipinski definition) is 3. The number of nitrogens with one attached hydrogen (secondary N) is 1. The lowest BCUT2D eigenvalue weighted by atomic mass is 9.98. The van der Waals surface area contributed by atoms with Crippen molar-refractivity contribution in [2.45, 2.75) is 33.6 Å². The molecular formula is C24H30N2O3. The van der Waals surface area contributed by atoms with Gasteiger partial charge in [-0.1, -0.05) is 32.9 Å². The summed E-state index contributed by atoms with van der Waals surface area (Å²) >= 11 is 0. The Hall–Kier alpha value is -2.82. The van der Waals surface area contributed by atoms with Crippen LogP contribution < -0.4 is 10.1 Å². The normalized spacial score (nSPS) is 14.7. The van der Waals surface area contributed by atoms with Gasteiger partial charge in [-0.2, -0.15) is 0 Å². The second-order valence-corrected chi connectivity index (χ2v) is 8.20. The molecule has 1 fully saturated rings. The Morgan fingerprint density at radius 2 is 1.72 bits per heavy atom. The topological polar surface area (TPSA) is 58.6 Å². The zero-order valence-corrected chi connectivity index (χ0v) is 17.5. The standard InChI is InChI=1S/C24H30N2O3/c1-17(2)16-29-20-10-8-19(9-11-20)23(27)25-22-7-5-4-6-21(22)24(28)26-14-12-18(3)13-15-26/h4-11,17-18H,12-16H2,1-3H3,(H,25,27). The number of carbonyl (C=O) groups excluding carboxylic acids is 2. The van der Waals surface area contributed by atoms with Gasteiger partial charge in [-0.25, -0.2) is 0 Å². The van der Waals surface area contributed by atoms with Crippen molar-refractivity contribution >= 4 is 17.5 Å². The van der Waals surface area contributed by atoms with Crippen molar-refractivity contribution in [1.82, 2.24) is 4.90 Å². The fraction of sp³-hybridized carbons (Fsp3) is 0.417. The summed E-state index contributed by atoms with van der Waals surface area (Å²) in [6, 6.07) is 14.3. The Morgan fingerprint density at radius 1 is 1.07 bits per heavy atom. The number of amides is 2. The third kappa shape index (κ3) is 5.59. The van der Waals surface area contributed by atoms with Gasteiger partial charge in [-0.05, 0) is 61.1 Å². The van der Waals surface area contributed by atoms with Gasteiger partial charge in [0.05, 0.1) is 17.9 Å². The van der Waals surface area contributed by atoms with E-state index in [0.717, 1.165) is 31.7 Å². The van der Waals surface area contributed by atoms with E-state index in [4.69, 9.17) is 4.74 Å². The number of rotatable bonds is 6. The number of nitrogens with zero attached hydrogens (tertiary/aromatic N) is 1. The molecular weight excluding hydrogens is 364 g/mol. The number of carbonyl (C=O) groups is 2. The first kappa shape index (κ1) is 20.9. The van der Waals surface area contributed by atoms with Crippen LogP contribution >= 0.6 is 0 Å². The van der Waals surface area contributed by atoms with Crippen LogP contribution in [0.3, 0.4) is 0 Å². The highest BCUT2D eigenvalue weighted by Gasteiger charge is 2.23. The molecule has 3 rings (SSSR count). The van der Waals surface area contributed by atoms with Crippen LogP contribution in [-0.2, 0) is 0 Å². The molecule has 0 bridgehead atoms. The smallest absolute Gasteiger partial charge is 0.255 e. The van der Waals surface area contributed by atoms with Crippen LogP contribution in [-0.4, -0.2) is 36.4 Å². The average Bonchev–Trinajstić information content (AvgIpc) is 2.73. The van der Waals surface area contributed by atoms with Gasteiger partial charge in [-0.3, -0.25) is 9.59 Å². The van der Waals surface area contributed by atoms with Gasteiger partial charge >= 0.3 is 0 Å². The Bertz CT molecular complexity index is 837. The molecule has 2 amide bonds. The van der Waals surface area contributed by atoms with Crippen LogP contribution in [0, 0.1) is 11.8 Å². The molecule has 2 aromatic carbocycles. The number of benzene rings is 2. The maximum atomic E-state index is 13.0. The van der Waals surface area contributed by atoms with Crippen molar-refractivity contribution in [3.8, 4) is 5.75 Å². The average molecular weight is 395 g/mol. The molecule has 1 heterocycles. The first-order valence-corrected chi connectivity index (χ1v) is 10.4. The maximum absolute atomic E-state index is 13.0. The summed E-state index contributed by atoms with van der Waals surface area (Å²) < 4.78 is 5.66. The van der Waals surface area contributed by atoms with E-state index >= 15 is 0 Å². The Labute approximate surface area is 173 Å². The summed E-state index contributed by atoms with van der Waals surface area (Å²) in [5, 5.41) is 2.90. The van der Waals surface area contributed by atoms with Gasteiger partial charge < -0.3 is 15.0 Å². The van der Waals surface area contributed by atoms with E-state index in [-0.39, 0.29) is 11.8 Å². The fourth-order valence-corrected chi connectivity index (χ4v) is 3.32. The monoisotopic (exact) mass is 394 g/mol. The summed E-state index contributed by atoms with van der Waals surface area (Å²) in [4.78, 5) is 27.6. The van der Waals surface area contributed by atoms with E-state index in [2.05, 4.69) is 26.1 Å². The Morgan fingerprint density at radius 3 is 2.38 bits per heavy atom. The van der Waals surface area contributed by atoms with Crippen molar-refractivity contribution in [3.63, 3.8) is 0 Å². The second kappa shape index (κ2) is 9.59. The number of anilines is 1. The van der Waals surface area contributed by atoms with Gasteiger partial charge in [0.1, 0.15) is 5.75 Å². The van der Waals surface area contributed by atoms with Crippen molar-refractivity contribution < 1.29 is 14.3 Å². The van der Waals surface area contributed by atoms with E-state index in [1.54, 1.807) is 36.4 Å². The lowest BCUT2D eigenvalue weighted by Crippen LogP contribution is -2.38. The highest BCUT2D eigenvalue weighted by molar-refractivity contribution is 6.09. The molecule has 5 heteroatoms. The third-order valence-corrected chi connectivity index (χ3v) is 5.18. The molecule has 1 saturated heterocycles. The van der Waals surface area contributed by atoms with Gasteiger partial charge in [0, 0.05) is 18.7 Å². The third-order valence-electron chi connectivity index (χ3n) is 5.18. The molecule has 1 aliphatic heterocycles. The van der Waals surface area contributed by atoms with Crippen LogP contribution in [0.4, 0.5) is 5.69 Å². The molecule has 1 N–H and O–H groups in total. The van der Waals surface area contributed by atoms with Crippen molar-refractivity contribution in [2.75, 3.05) is 25.0 Å². The first-order valence-electron chi connectivity index (χ1n) is 10.4. The number of hydrogen-bond donors (Lipinski definition) is 1. The summed E-state index contributed by atoms with van der Waals surface area (Å²) in [7, 11) is 0. The predicted molar refractivity (Wildman–Crippen MR) is 115 cm³/mol.